The minimum Gasteiger partial charge on any atom is -0.249 e. The highest BCUT2D eigenvalue weighted by Crippen LogP contribution is 2.34. The van der Waals surface area contributed by atoms with E-state index in [-0.39, 0.29) is 0 Å². The molecule has 2 heterocycles. The Bertz CT molecular complexity index is 528. The second-order valence-corrected chi connectivity index (χ2v) is 7.96. The maximum absolute atomic E-state index is 4.53. The Kier molecular flexibility index (Phi) is 4.74. The number of hydrogen-bond donors (Lipinski definition) is 0. The number of aromatic nitrogens is 2. The fraction of sp³-hybridized carbons (Fsp3) is 0.600. The van der Waals surface area contributed by atoms with Crippen molar-refractivity contribution in [2.75, 3.05) is 0 Å². The highest BCUT2D eigenvalue weighted by molar-refractivity contribution is 7.12. The Morgan fingerprint density at radius 2 is 1.63 bits per heavy atom. The van der Waals surface area contributed by atoms with Gasteiger partial charge in [0.2, 0.25) is 0 Å². The van der Waals surface area contributed by atoms with Crippen LogP contribution in [0.25, 0.3) is 0 Å². The molecule has 19 heavy (non-hydrogen) atoms. The summed E-state index contributed by atoms with van der Waals surface area (Å²) in [5.41, 5.74) is 0. The van der Waals surface area contributed by atoms with E-state index >= 15 is 0 Å². The van der Waals surface area contributed by atoms with E-state index < -0.39 is 0 Å². The van der Waals surface area contributed by atoms with Crippen molar-refractivity contribution >= 4 is 22.7 Å². The molecule has 4 heteroatoms. The van der Waals surface area contributed by atoms with Gasteiger partial charge in [-0.25, -0.2) is 9.97 Å². The lowest BCUT2D eigenvalue weighted by molar-refractivity contribution is 0.596. The number of thiazole rings is 2. The van der Waals surface area contributed by atoms with Crippen LogP contribution in [0.4, 0.5) is 0 Å². The molecule has 0 aromatic carbocycles. The Hall–Kier alpha value is -0.740. The summed E-state index contributed by atoms with van der Waals surface area (Å²) in [7, 11) is 0. The fourth-order valence-corrected chi connectivity index (χ4v) is 3.97. The molecule has 0 amide bonds. The zero-order chi connectivity index (χ0) is 14.0. The minimum absolute atomic E-state index is 0.526. The molecule has 2 atom stereocenters. The Labute approximate surface area is 123 Å². The largest absolute Gasteiger partial charge is 0.249 e. The van der Waals surface area contributed by atoms with Crippen molar-refractivity contribution in [1.29, 1.82) is 0 Å². The third kappa shape index (κ3) is 3.63. The van der Waals surface area contributed by atoms with Crippen LogP contribution >= 0.6 is 22.7 Å². The molecular formula is C15H22N2S2. The summed E-state index contributed by atoms with van der Waals surface area (Å²) in [4.78, 5) is 11.7. The summed E-state index contributed by atoms with van der Waals surface area (Å²) >= 11 is 3.68. The molecule has 0 aliphatic rings. The van der Waals surface area contributed by atoms with Crippen LogP contribution < -0.4 is 0 Å². The lowest BCUT2D eigenvalue weighted by atomic mass is 9.97. The molecule has 2 aromatic heterocycles. The fourth-order valence-electron chi connectivity index (χ4n) is 2.14. The van der Waals surface area contributed by atoms with Gasteiger partial charge in [-0.2, -0.15) is 0 Å². The van der Waals surface area contributed by atoms with Crippen LogP contribution in [-0.2, 0) is 0 Å². The predicted molar refractivity (Wildman–Crippen MR) is 84.5 cm³/mol. The number of aryl methyl sites for hydroxylation is 1. The Morgan fingerprint density at radius 3 is 2.16 bits per heavy atom. The molecule has 0 saturated heterocycles. The first-order valence-electron chi connectivity index (χ1n) is 6.85. The summed E-state index contributed by atoms with van der Waals surface area (Å²) in [6.45, 7) is 11.1. The van der Waals surface area contributed by atoms with E-state index in [1.54, 1.807) is 0 Å². The van der Waals surface area contributed by atoms with Gasteiger partial charge in [-0.15, -0.1) is 22.7 Å². The van der Waals surface area contributed by atoms with E-state index in [0.717, 1.165) is 6.42 Å². The van der Waals surface area contributed by atoms with Gasteiger partial charge in [0.05, 0.1) is 10.0 Å². The molecule has 2 nitrogen and oxygen atoms in total. The van der Waals surface area contributed by atoms with Crippen LogP contribution in [-0.4, -0.2) is 9.97 Å². The zero-order valence-corrected chi connectivity index (χ0v) is 13.9. The average Bonchev–Trinajstić information content (AvgIpc) is 2.96. The van der Waals surface area contributed by atoms with Gasteiger partial charge in [0.15, 0.2) is 0 Å². The van der Waals surface area contributed by atoms with Gasteiger partial charge in [-0.3, -0.25) is 0 Å². The molecule has 0 bridgehead atoms. The molecule has 0 radical (unpaired) electrons. The van der Waals surface area contributed by atoms with Gasteiger partial charge in [-0.05, 0) is 19.3 Å². The van der Waals surface area contributed by atoms with E-state index in [9.17, 15) is 0 Å². The monoisotopic (exact) mass is 294 g/mol. The van der Waals surface area contributed by atoms with Crippen molar-refractivity contribution in [3.05, 3.63) is 32.2 Å². The maximum Gasteiger partial charge on any atom is 0.0955 e. The van der Waals surface area contributed by atoms with E-state index in [1.807, 2.05) is 28.9 Å². The third-order valence-electron chi connectivity index (χ3n) is 3.29. The zero-order valence-electron chi connectivity index (χ0n) is 12.3. The van der Waals surface area contributed by atoms with Crippen molar-refractivity contribution in [3.8, 4) is 0 Å². The average molecular weight is 294 g/mol. The number of rotatable bonds is 5. The summed E-state index contributed by atoms with van der Waals surface area (Å²) in [5.74, 6) is 1.62. The molecular weight excluding hydrogens is 272 g/mol. The smallest absolute Gasteiger partial charge is 0.0955 e. The second-order valence-electron chi connectivity index (χ2n) is 5.60. The van der Waals surface area contributed by atoms with Gasteiger partial charge in [0.1, 0.15) is 0 Å². The van der Waals surface area contributed by atoms with Crippen LogP contribution in [0.2, 0.25) is 0 Å². The van der Waals surface area contributed by atoms with Crippen LogP contribution in [0.3, 0.4) is 0 Å². The van der Waals surface area contributed by atoms with E-state index in [4.69, 9.17) is 0 Å². The molecule has 0 N–H and O–H groups in total. The number of hydrogen-bond acceptors (Lipinski definition) is 4. The molecule has 0 aliphatic heterocycles. The van der Waals surface area contributed by atoms with Gasteiger partial charge >= 0.3 is 0 Å². The Morgan fingerprint density at radius 1 is 0.947 bits per heavy atom. The lowest BCUT2D eigenvalue weighted by Gasteiger charge is -2.13. The topological polar surface area (TPSA) is 25.8 Å². The summed E-state index contributed by atoms with van der Waals surface area (Å²) < 4.78 is 0. The number of nitrogens with zero attached hydrogens (tertiary/aromatic N) is 2. The summed E-state index contributed by atoms with van der Waals surface area (Å²) in [5, 5.41) is 2.51. The summed E-state index contributed by atoms with van der Waals surface area (Å²) in [6, 6.07) is 0. The van der Waals surface area contributed by atoms with Crippen LogP contribution in [0.5, 0.6) is 0 Å². The van der Waals surface area contributed by atoms with Gasteiger partial charge < -0.3 is 0 Å². The highest BCUT2D eigenvalue weighted by Gasteiger charge is 2.17. The van der Waals surface area contributed by atoms with Crippen LogP contribution in [0, 0.1) is 6.92 Å². The second kappa shape index (κ2) is 6.14. The molecule has 0 saturated carbocycles. The normalized spacial score (nSPS) is 14.8. The standard InChI is InChI=1S/C15H22N2S2/c1-9(2)14-17-8-13(19-14)10(3)6-11(4)15-16-7-12(5)18-15/h7-11H,6H2,1-5H3. The van der Waals surface area contributed by atoms with Crippen molar-refractivity contribution in [1.82, 2.24) is 9.97 Å². The summed E-state index contributed by atoms with van der Waals surface area (Å²) in [6.07, 6.45) is 5.18. The van der Waals surface area contributed by atoms with Crippen LogP contribution in [0.1, 0.15) is 71.6 Å². The van der Waals surface area contributed by atoms with E-state index in [1.165, 1.54) is 19.8 Å². The van der Waals surface area contributed by atoms with Gasteiger partial charge in [0, 0.05) is 34.0 Å². The molecule has 2 aromatic rings. The molecule has 2 rings (SSSR count). The molecule has 0 aliphatic carbocycles. The minimum atomic E-state index is 0.526. The van der Waals surface area contributed by atoms with Crippen molar-refractivity contribution in [3.63, 3.8) is 0 Å². The van der Waals surface area contributed by atoms with Crippen molar-refractivity contribution < 1.29 is 0 Å². The maximum atomic E-state index is 4.53. The van der Waals surface area contributed by atoms with Crippen LogP contribution in [0.15, 0.2) is 12.4 Å². The van der Waals surface area contributed by atoms with E-state index in [2.05, 4.69) is 50.8 Å². The third-order valence-corrected chi connectivity index (χ3v) is 5.96. The first kappa shape index (κ1) is 14.7. The lowest BCUT2D eigenvalue weighted by Crippen LogP contribution is -1.99. The SMILES string of the molecule is Cc1cnc(C(C)CC(C)c2cnc(C(C)C)s2)s1. The molecule has 0 spiro atoms. The van der Waals surface area contributed by atoms with Gasteiger partial charge in [-0.1, -0.05) is 27.7 Å². The molecule has 2 unspecified atom stereocenters. The quantitative estimate of drug-likeness (QED) is 0.745. The highest BCUT2D eigenvalue weighted by atomic mass is 32.1. The predicted octanol–water partition coefficient (Wildman–Crippen LogP) is 5.33. The molecule has 0 fully saturated rings. The van der Waals surface area contributed by atoms with E-state index in [0.29, 0.717) is 17.8 Å². The van der Waals surface area contributed by atoms with Crippen molar-refractivity contribution in [2.45, 2.75) is 58.8 Å². The Balaban J connectivity index is 2.01. The first-order chi connectivity index (χ1) is 8.97. The molecule has 104 valence electrons. The van der Waals surface area contributed by atoms with Gasteiger partial charge in [0.25, 0.3) is 0 Å². The van der Waals surface area contributed by atoms with Crippen molar-refractivity contribution in [2.24, 2.45) is 0 Å². The first-order valence-corrected chi connectivity index (χ1v) is 8.48.